The Balaban J connectivity index is 1.57. The highest BCUT2D eigenvalue weighted by Gasteiger charge is 2.17. The molecule has 10 heteroatoms. The number of thiazole rings is 1. The van der Waals surface area contributed by atoms with Crippen LogP contribution in [0.15, 0.2) is 33.4 Å². The van der Waals surface area contributed by atoms with Gasteiger partial charge in [0.2, 0.25) is 0 Å². The standard InChI is InChI=1S/C18H17N5O3S2/c1-10-4-5-13(28-10)12-8-27-14(20-12)6-11(24)7-23-9-19-16-15(23)17(25)22(3)18(26)21(16)2/h4-5,8-9H,6-7H2,1-3H3. The number of imidazole rings is 1. The van der Waals surface area contributed by atoms with Gasteiger partial charge in [0.1, 0.15) is 5.01 Å². The van der Waals surface area contributed by atoms with Crippen LogP contribution in [0.25, 0.3) is 21.7 Å². The summed E-state index contributed by atoms with van der Waals surface area (Å²) in [6, 6.07) is 4.07. The summed E-state index contributed by atoms with van der Waals surface area (Å²) in [4.78, 5) is 48.0. The van der Waals surface area contributed by atoms with Gasteiger partial charge in [0.15, 0.2) is 16.9 Å². The first-order chi connectivity index (χ1) is 13.3. The van der Waals surface area contributed by atoms with Crippen LogP contribution in [0.4, 0.5) is 0 Å². The van der Waals surface area contributed by atoms with Crippen molar-refractivity contribution in [3.05, 3.63) is 54.6 Å². The molecule has 0 unspecified atom stereocenters. The molecule has 0 bridgehead atoms. The lowest BCUT2D eigenvalue weighted by Gasteiger charge is -2.05. The van der Waals surface area contributed by atoms with Gasteiger partial charge in [-0.15, -0.1) is 22.7 Å². The van der Waals surface area contributed by atoms with Crippen molar-refractivity contribution in [2.24, 2.45) is 14.1 Å². The van der Waals surface area contributed by atoms with E-state index in [9.17, 15) is 14.4 Å². The largest absolute Gasteiger partial charge is 0.332 e. The predicted octanol–water partition coefficient (Wildman–Crippen LogP) is 1.74. The molecule has 4 aromatic heterocycles. The summed E-state index contributed by atoms with van der Waals surface area (Å²) in [6.07, 6.45) is 1.60. The van der Waals surface area contributed by atoms with E-state index in [1.165, 1.54) is 38.7 Å². The highest BCUT2D eigenvalue weighted by Crippen LogP contribution is 2.28. The van der Waals surface area contributed by atoms with Crippen LogP contribution in [0.5, 0.6) is 0 Å². The fraction of sp³-hybridized carbons (Fsp3) is 0.278. The number of fused-ring (bicyclic) bond motifs is 1. The number of aromatic nitrogens is 5. The SMILES string of the molecule is Cc1ccc(-c2csc(CC(=O)Cn3cnc4c3c(=O)n(C)c(=O)n4C)n2)s1. The van der Waals surface area contributed by atoms with Crippen LogP contribution < -0.4 is 11.2 Å². The lowest BCUT2D eigenvalue weighted by Crippen LogP contribution is -2.37. The van der Waals surface area contributed by atoms with Gasteiger partial charge >= 0.3 is 5.69 Å². The lowest BCUT2D eigenvalue weighted by atomic mass is 10.3. The first-order valence-corrected chi connectivity index (χ1v) is 10.2. The van der Waals surface area contributed by atoms with Crippen molar-refractivity contribution in [3.8, 4) is 10.6 Å². The minimum Gasteiger partial charge on any atom is -0.317 e. The minimum atomic E-state index is -0.465. The van der Waals surface area contributed by atoms with Crippen molar-refractivity contribution in [2.45, 2.75) is 19.9 Å². The smallest absolute Gasteiger partial charge is 0.317 e. The van der Waals surface area contributed by atoms with Gasteiger partial charge in [-0.3, -0.25) is 18.7 Å². The second kappa shape index (κ2) is 6.95. The maximum absolute atomic E-state index is 12.6. The van der Waals surface area contributed by atoms with Crippen LogP contribution in [-0.2, 0) is 31.9 Å². The Labute approximate surface area is 167 Å². The fourth-order valence-electron chi connectivity index (χ4n) is 3.01. The summed E-state index contributed by atoms with van der Waals surface area (Å²) < 4.78 is 3.81. The molecule has 0 radical (unpaired) electrons. The van der Waals surface area contributed by atoms with Crippen LogP contribution in [0.3, 0.4) is 0 Å². The summed E-state index contributed by atoms with van der Waals surface area (Å²) >= 11 is 3.11. The molecule has 4 heterocycles. The molecule has 0 saturated heterocycles. The number of hydrogen-bond acceptors (Lipinski definition) is 7. The molecular formula is C18H17N5O3S2. The van der Waals surface area contributed by atoms with Crippen LogP contribution >= 0.6 is 22.7 Å². The average molecular weight is 416 g/mol. The van der Waals surface area contributed by atoms with Gasteiger partial charge in [0.25, 0.3) is 5.56 Å². The zero-order chi connectivity index (χ0) is 20.0. The normalized spacial score (nSPS) is 11.4. The number of ketones is 1. The van der Waals surface area contributed by atoms with Crippen LogP contribution in [0.2, 0.25) is 0 Å². The zero-order valence-electron chi connectivity index (χ0n) is 15.5. The van der Waals surface area contributed by atoms with Gasteiger partial charge in [-0.05, 0) is 19.1 Å². The molecule has 0 aliphatic carbocycles. The third kappa shape index (κ3) is 3.14. The molecule has 4 aromatic rings. The van der Waals surface area contributed by atoms with E-state index < -0.39 is 11.2 Å². The predicted molar refractivity (Wildman–Crippen MR) is 109 cm³/mol. The summed E-state index contributed by atoms with van der Waals surface area (Å²) in [6.45, 7) is 2.04. The van der Waals surface area contributed by atoms with Crippen LogP contribution in [0, 0.1) is 6.92 Å². The van der Waals surface area contributed by atoms with E-state index in [4.69, 9.17) is 0 Å². The number of nitrogens with zero attached hydrogens (tertiary/aromatic N) is 5. The molecule has 8 nitrogen and oxygen atoms in total. The average Bonchev–Trinajstić information content (AvgIpc) is 3.38. The fourth-order valence-corrected chi connectivity index (χ4v) is 4.73. The first kappa shape index (κ1) is 18.5. The van der Waals surface area contributed by atoms with E-state index in [1.807, 2.05) is 24.4 Å². The van der Waals surface area contributed by atoms with E-state index in [-0.39, 0.29) is 29.9 Å². The van der Waals surface area contributed by atoms with Gasteiger partial charge in [0, 0.05) is 24.4 Å². The molecule has 28 heavy (non-hydrogen) atoms. The zero-order valence-corrected chi connectivity index (χ0v) is 17.1. The molecule has 0 aromatic carbocycles. The van der Waals surface area contributed by atoms with Gasteiger partial charge in [-0.1, -0.05) is 0 Å². The molecule has 0 atom stereocenters. The Morgan fingerprint density at radius 2 is 1.96 bits per heavy atom. The second-order valence-corrected chi connectivity index (χ2v) is 8.73. The van der Waals surface area contributed by atoms with Gasteiger partial charge in [0.05, 0.1) is 29.9 Å². The van der Waals surface area contributed by atoms with Crippen molar-refractivity contribution < 1.29 is 4.79 Å². The molecule has 0 aliphatic rings. The van der Waals surface area contributed by atoms with E-state index in [2.05, 4.69) is 9.97 Å². The first-order valence-electron chi connectivity index (χ1n) is 8.49. The quantitative estimate of drug-likeness (QED) is 0.495. The number of thiophene rings is 1. The summed E-state index contributed by atoms with van der Waals surface area (Å²) in [5, 5.41) is 2.68. The van der Waals surface area contributed by atoms with Crippen molar-refractivity contribution >= 4 is 39.6 Å². The lowest BCUT2D eigenvalue weighted by molar-refractivity contribution is -0.118. The third-order valence-corrected chi connectivity index (χ3v) is 6.33. The van der Waals surface area contributed by atoms with E-state index in [0.29, 0.717) is 0 Å². The summed E-state index contributed by atoms with van der Waals surface area (Å²) in [7, 11) is 2.96. The Hall–Kier alpha value is -2.85. The Kier molecular flexibility index (Phi) is 4.60. The molecule has 0 fully saturated rings. The Morgan fingerprint density at radius 3 is 2.68 bits per heavy atom. The molecule has 0 amide bonds. The molecule has 0 saturated carbocycles. The second-order valence-electron chi connectivity index (χ2n) is 6.50. The van der Waals surface area contributed by atoms with Crippen molar-refractivity contribution in [2.75, 3.05) is 0 Å². The topological polar surface area (TPSA) is 91.8 Å². The number of carbonyl (C=O) groups is 1. The molecule has 0 spiro atoms. The van der Waals surface area contributed by atoms with Crippen LogP contribution in [-0.4, -0.2) is 29.5 Å². The van der Waals surface area contributed by atoms with Crippen molar-refractivity contribution in [1.82, 2.24) is 23.7 Å². The monoisotopic (exact) mass is 415 g/mol. The van der Waals surface area contributed by atoms with E-state index >= 15 is 0 Å². The Bertz CT molecular complexity index is 1320. The summed E-state index contributed by atoms with van der Waals surface area (Å²) in [5.74, 6) is -0.0848. The number of carbonyl (C=O) groups excluding carboxylic acids is 1. The van der Waals surface area contributed by atoms with Crippen molar-refractivity contribution in [3.63, 3.8) is 0 Å². The molecule has 144 valence electrons. The highest BCUT2D eigenvalue weighted by atomic mass is 32.1. The number of Topliss-reactive ketones (excluding diaryl/α,β-unsaturated/α-hetero) is 1. The molecule has 0 aliphatic heterocycles. The van der Waals surface area contributed by atoms with Crippen LogP contribution in [0.1, 0.15) is 9.88 Å². The van der Waals surface area contributed by atoms with E-state index in [0.717, 1.165) is 20.1 Å². The van der Waals surface area contributed by atoms with Gasteiger partial charge < -0.3 is 4.57 Å². The Morgan fingerprint density at radius 1 is 1.18 bits per heavy atom. The molecule has 4 rings (SSSR count). The molecule has 0 N–H and O–H groups in total. The maximum Gasteiger partial charge on any atom is 0.332 e. The highest BCUT2D eigenvalue weighted by molar-refractivity contribution is 7.16. The maximum atomic E-state index is 12.6. The third-order valence-electron chi connectivity index (χ3n) is 4.46. The van der Waals surface area contributed by atoms with Gasteiger partial charge in [-0.25, -0.2) is 14.8 Å². The number of hydrogen-bond donors (Lipinski definition) is 0. The van der Waals surface area contributed by atoms with Crippen molar-refractivity contribution in [1.29, 1.82) is 0 Å². The number of rotatable bonds is 5. The molecular weight excluding hydrogens is 398 g/mol. The van der Waals surface area contributed by atoms with Gasteiger partial charge in [-0.2, -0.15) is 0 Å². The number of aryl methyl sites for hydroxylation is 2. The summed E-state index contributed by atoms with van der Waals surface area (Å²) in [5.41, 5.74) is 0.474. The minimum absolute atomic E-state index is 0.00301. The van der Waals surface area contributed by atoms with E-state index in [1.54, 1.807) is 18.4 Å².